The number of halogens is 1. The lowest BCUT2D eigenvalue weighted by Gasteiger charge is -2.45. The van der Waals surface area contributed by atoms with Crippen LogP contribution in [0.1, 0.15) is 40.2 Å². The molecule has 12 nitrogen and oxygen atoms in total. The summed E-state index contributed by atoms with van der Waals surface area (Å²) in [6.07, 6.45) is -1.14. The average molecular weight is 621 g/mol. The number of β-lactam (4-membered cyclic amide) rings is 1. The molecule has 1 amide bonds. The van der Waals surface area contributed by atoms with Crippen molar-refractivity contribution in [3.05, 3.63) is 75.0 Å². The lowest BCUT2D eigenvalue weighted by atomic mass is 9.92. The number of benzene rings is 2. The molecule has 3 atom stereocenters. The molecule has 42 heavy (non-hydrogen) atoms. The predicted octanol–water partition coefficient (Wildman–Crippen LogP) is 4.52. The maximum atomic E-state index is 13.6. The first kappa shape index (κ1) is 32.6. The Morgan fingerprint density at radius 1 is 1.12 bits per heavy atom. The Morgan fingerprint density at radius 3 is 2.21 bits per heavy atom. The van der Waals surface area contributed by atoms with Crippen LogP contribution >= 0.6 is 23.4 Å². The summed E-state index contributed by atoms with van der Waals surface area (Å²) in [6.45, 7) is 7.19. The highest BCUT2D eigenvalue weighted by atomic mass is 35.5. The molecular weight excluding hydrogens is 592 g/mol. The van der Waals surface area contributed by atoms with E-state index in [4.69, 9.17) is 25.8 Å². The van der Waals surface area contributed by atoms with Crippen molar-refractivity contribution in [3.8, 4) is 11.5 Å². The van der Waals surface area contributed by atoms with Crippen molar-refractivity contribution in [2.45, 2.75) is 52.8 Å². The Kier molecular flexibility index (Phi) is 10.4. The lowest BCUT2D eigenvalue weighted by Crippen LogP contribution is -2.62. The van der Waals surface area contributed by atoms with E-state index in [1.165, 1.54) is 62.4 Å². The number of nitrogens with zero attached hydrogens (tertiary/aromatic N) is 2. The number of rotatable bonds is 10. The summed E-state index contributed by atoms with van der Waals surface area (Å²) >= 11 is 7.00. The van der Waals surface area contributed by atoms with Crippen molar-refractivity contribution >= 4 is 52.0 Å². The summed E-state index contributed by atoms with van der Waals surface area (Å²) in [6, 6.07) is 11.1. The van der Waals surface area contributed by atoms with E-state index in [1.54, 1.807) is 20.8 Å². The van der Waals surface area contributed by atoms with Crippen molar-refractivity contribution in [1.82, 2.24) is 4.90 Å². The van der Waals surface area contributed by atoms with E-state index >= 15 is 0 Å². The van der Waals surface area contributed by atoms with Gasteiger partial charge in [-0.15, -0.1) is 0 Å². The zero-order valence-corrected chi connectivity index (χ0v) is 24.9. The molecule has 0 saturated carbocycles. The molecule has 0 spiro atoms. The fourth-order valence-electron chi connectivity index (χ4n) is 3.59. The third-order valence-corrected chi connectivity index (χ3v) is 7.53. The van der Waals surface area contributed by atoms with Gasteiger partial charge in [-0.1, -0.05) is 38.4 Å². The Bertz CT molecular complexity index is 1420. The van der Waals surface area contributed by atoms with E-state index in [0.29, 0.717) is 17.3 Å². The van der Waals surface area contributed by atoms with E-state index in [1.807, 2.05) is 0 Å². The van der Waals surface area contributed by atoms with E-state index < -0.39 is 56.5 Å². The number of ether oxygens (including phenoxy) is 3. The second-order valence-electron chi connectivity index (χ2n) is 10.3. The van der Waals surface area contributed by atoms with Gasteiger partial charge in [0.05, 0.1) is 16.9 Å². The van der Waals surface area contributed by atoms with Crippen molar-refractivity contribution < 1.29 is 43.4 Å². The van der Waals surface area contributed by atoms with Gasteiger partial charge in [0.15, 0.2) is 10.8 Å². The number of aliphatic hydroxyl groups excluding tert-OH is 1. The summed E-state index contributed by atoms with van der Waals surface area (Å²) in [5.41, 5.74) is -2.33. The molecule has 0 radical (unpaired) electrons. The van der Waals surface area contributed by atoms with Gasteiger partial charge in [0.25, 0.3) is 5.69 Å². The number of alkyl halides is 1. The normalized spacial score (nSPS) is 17.9. The van der Waals surface area contributed by atoms with E-state index in [-0.39, 0.29) is 28.9 Å². The third kappa shape index (κ3) is 7.87. The number of non-ortho nitro benzene ring substituents is 1. The monoisotopic (exact) mass is 620 g/mol. The van der Waals surface area contributed by atoms with Gasteiger partial charge >= 0.3 is 11.9 Å². The molecule has 0 aromatic heterocycles. The summed E-state index contributed by atoms with van der Waals surface area (Å²) in [4.78, 5) is 62.5. The second-order valence-corrected chi connectivity index (χ2v) is 11.7. The predicted molar refractivity (Wildman–Crippen MR) is 152 cm³/mol. The number of amides is 1. The van der Waals surface area contributed by atoms with Gasteiger partial charge < -0.3 is 19.3 Å². The topological polar surface area (TPSA) is 163 Å². The van der Waals surface area contributed by atoms with Crippen molar-refractivity contribution in [3.63, 3.8) is 0 Å². The Labute approximate surface area is 250 Å². The van der Waals surface area contributed by atoms with E-state index in [0.717, 1.165) is 4.90 Å². The molecule has 0 aliphatic carbocycles. The standard InChI is InChI=1S/C28H29ClN2O10S/c1-15(32)21-23(29)30(24(21)34)22(25(35)39-14-17-9-11-18(12-10-17)31(37)38)26(42-27(36)28(3,4)5)41-20-8-6-7-19(13-20)40-16(2)33/h6-13,15,21,23,32H,14H2,1-5H3/t15-,21-,23-/m1/s1. The molecule has 1 aliphatic heterocycles. The molecule has 0 bridgehead atoms. The molecule has 14 heteroatoms. The fraction of sp³-hybridized carbons (Fsp3) is 0.357. The first-order valence-electron chi connectivity index (χ1n) is 12.6. The molecule has 1 heterocycles. The molecule has 1 N–H and O–H groups in total. The fourth-order valence-corrected chi connectivity index (χ4v) is 4.99. The van der Waals surface area contributed by atoms with Gasteiger partial charge in [0.2, 0.25) is 11.0 Å². The number of carbonyl (C=O) groups is 4. The average Bonchev–Trinajstić information content (AvgIpc) is 2.89. The molecule has 2 aromatic carbocycles. The van der Waals surface area contributed by atoms with Gasteiger partial charge in [0.1, 0.15) is 23.6 Å². The van der Waals surface area contributed by atoms with Gasteiger partial charge in [-0.05, 0) is 48.5 Å². The van der Waals surface area contributed by atoms with Crippen LogP contribution in [0, 0.1) is 21.4 Å². The van der Waals surface area contributed by atoms with Crippen LogP contribution in [0.4, 0.5) is 5.69 Å². The van der Waals surface area contributed by atoms with Gasteiger partial charge in [0, 0.05) is 30.5 Å². The summed E-state index contributed by atoms with van der Waals surface area (Å²) in [5.74, 6) is -3.23. The smallest absolute Gasteiger partial charge is 0.359 e. The van der Waals surface area contributed by atoms with Crippen LogP contribution in [0.2, 0.25) is 0 Å². The van der Waals surface area contributed by atoms with Crippen molar-refractivity contribution in [2.75, 3.05) is 0 Å². The number of nitro benzene ring substituents is 1. The highest BCUT2D eigenvalue weighted by Crippen LogP contribution is 2.41. The molecule has 0 unspecified atom stereocenters. The number of hydrogen-bond donors (Lipinski definition) is 1. The van der Waals surface area contributed by atoms with Crippen LogP contribution in [-0.2, 0) is 30.5 Å². The minimum absolute atomic E-state index is 0.0600. The Balaban J connectivity index is 2.08. The van der Waals surface area contributed by atoms with Crippen LogP contribution < -0.4 is 9.47 Å². The number of likely N-dealkylation sites (tertiary alicyclic amines) is 1. The van der Waals surface area contributed by atoms with Crippen LogP contribution in [0.5, 0.6) is 11.5 Å². The number of nitro groups is 1. The Morgan fingerprint density at radius 2 is 1.71 bits per heavy atom. The molecule has 1 fully saturated rings. The number of carbonyl (C=O) groups excluding carboxylic acids is 4. The van der Waals surface area contributed by atoms with E-state index in [9.17, 15) is 34.4 Å². The van der Waals surface area contributed by atoms with Crippen LogP contribution in [0.3, 0.4) is 0 Å². The quantitative estimate of drug-likeness (QED) is 0.0457. The number of thioether (sulfide) groups is 1. The Hall–Kier alpha value is -3.94. The van der Waals surface area contributed by atoms with Gasteiger partial charge in [-0.2, -0.15) is 0 Å². The van der Waals surface area contributed by atoms with Crippen LogP contribution in [-0.4, -0.2) is 49.5 Å². The molecule has 1 saturated heterocycles. The minimum Gasteiger partial charge on any atom is -0.456 e. The zero-order chi connectivity index (χ0) is 31.4. The summed E-state index contributed by atoms with van der Waals surface area (Å²) in [5, 5.41) is 20.2. The maximum Gasteiger partial charge on any atom is 0.359 e. The first-order chi connectivity index (χ1) is 19.6. The summed E-state index contributed by atoms with van der Waals surface area (Å²) in [7, 11) is 0. The number of aliphatic hydroxyl groups is 1. The SMILES string of the molecule is CC(=O)Oc1cccc(OC(SC(=O)C(C)(C)C)=C(C(=O)OCc2ccc([N+](=O)[O-])cc2)N2C(=O)[C@H]([C@@H](C)O)[C@@H]2Cl)c1. The minimum atomic E-state index is -1.18. The maximum absolute atomic E-state index is 13.6. The molecule has 3 rings (SSSR count). The van der Waals surface area contributed by atoms with Gasteiger partial charge in [-0.3, -0.25) is 29.4 Å². The molecule has 1 aliphatic rings. The van der Waals surface area contributed by atoms with Gasteiger partial charge in [-0.25, -0.2) is 4.79 Å². The molecular formula is C28H29ClN2O10S. The zero-order valence-electron chi connectivity index (χ0n) is 23.4. The second kappa shape index (κ2) is 13.4. The van der Waals surface area contributed by atoms with Crippen molar-refractivity contribution in [1.29, 1.82) is 0 Å². The highest BCUT2D eigenvalue weighted by Gasteiger charge is 2.53. The molecule has 224 valence electrons. The number of esters is 2. The van der Waals surface area contributed by atoms with Crippen LogP contribution in [0.15, 0.2) is 59.3 Å². The third-order valence-electron chi connectivity index (χ3n) is 5.81. The van der Waals surface area contributed by atoms with E-state index in [2.05, 4.69) is 0 Å². The highest BCUT2D eigenvalue weighted by molar-refractivity contribution is 8.16. The number of hydrogen-bond acceptors (Lipinski definition) is 11. The van der Waals surface area contributed by atoms with Crippen LogP contribution in [0.25, 0.3) is 0 Å². The summed E-state index contributed by atoms with van der Waals surface area (Å²) < 4.78 is 16.5. The largest absolute Gasteiger partial charge is 0.456 e. The molecule has 2 aromatic rings. The first-order valence-corrected chi connectivity index (χ1v) is 13.8. The van der Waals surface area contributed by atoms with Crippen molar-refractivity contribution in [2.24, 2.45) is 11.3 Å². The lowest BCUT2D eigenvalue weighted by molar-refractivity contribution is -0.384.